The fourth-order valence-corrected chi connectivity index (χ4v) is 4.37. The van der Waals surface area contributed by atoms with Gasteiger partial charge in [0.15, 0.2) is 5.82 Å². The van der Waals surface area contributed by atoms with Gasteiger partial charge in [0, 0.05) is 13.1 Å². The summed E-state index contributed by atoms with van der Waals surface area (Å²) >= 11 is 0. The molecule has 23 heavy (non-hydrogen) atoms. The number of rotatable bonds is 2. The van der Waals surface area contributed by atoms with Crippen LogP contribution in [0, 0.1) is 18.3 Å². The Morgan fingerprint density at radius 3 is 2.78 bits per heavy atom. The molecule has 2 aromatic rings. The van der Waals surface area contributed by atoms with Crippen LogP contribution in [0.5, 0.6) is 0 Å². The smallest absolute Gasteiger partial charge is 0.313 e. The van der Waals surface area contributed by atoms with E-state index in [1.54, 1.807) is 0 Å². The highest BCUT2D eigenvalue weighted by Gasteiger charge is 2.55. The summed E-state index contributed by atoms with van der Waals surface area (Å²) in [6, 6.07) is 7.92. The molecule has 1 aromatic heterocycles. The molecule has 0 bridgehead atoms. The number of carbonyl (C=O) groups excluding carboxylic acids is 1. The van der Waals surface area contributed by atoms with Crippen LogP contribution < -0.4 is 4.90 Å². The minimum atomic E-state index is -0.353. The van der Waals surface area contributed by atoms with Crippen molar-refractivity contribution < 1.29 is 9.53 Å². The molecule has 1 aliphatic heterocycles. The molecule has 2 unspecified atom stereocenters. The third kappa shape index (κ3) is 2.10. The molecular formula is C18H21N3O2. The van der Waals surface area contributed by atoms with Crippen LogP contribution in [0.25, 0.3) is 11.0 Å². The number of hydrogen-bond donors (Lipinski definition) is 0. The summed E-state index contributed by atoms with van der Waals surface area (Å²) in [5.74, 6) is 1.21. The van der Waals surface area contributed by atoms with Gasteiger partial charge in [-0.05, 0) is 37.8 Å². The largest absolute Gasteiger partial charge is 0.469 e. The van der Waals surface area contributed by atoms with Crippen molar-refractivity contribution in [3.63, 3.8) is 0 Å². The second-order valence-electron chi connectivity index (χ2n) is 6.74. The molecule has 2 atom stereocenters. The van der Waals surface area contributed by atoms with Gasteiger partial charge in [0.05, 0.1) is 29.3 Å². The standard InChI is InChI=1S/C18H21N3O2/c1-12-16(20-15-8-4-3-7-14(15)19-12)21-10-13-6-5-9-18(13,11-21)17(22)23-2/h3-4,7-8,13H,5-6,9-11H2,1-2H3. The van der Waals surface area contributed by atoms with Gasteiger partial charge in [0.25, 0.3) is 0 Å². The molecule has 5 nitrogen and oxygen atoms in total. The number of nitrogens with zero attached hydrogens (tertiary/aromatic N) is 3. The Bertz CT molecular complexity index is 776. The maximum absolute atomic E-state index is 12.4. The van der Waals surface area contributed by atoms with Crippen molar-refractivity contribution in [2.75, 3.05) is 25.1 Å². The highest BCUT2D eigenvalue weighted by molar-refractivity contribution is 5.80. The van der Waals surface area contributed by atoms with E-state index >= 15 is 0 Å². The Labute approximate surface area is 135 Å². The van der Waals surface area contributed by atoms with Gasteiger partial charge in [0.2, 0.25) is 0 Å². The zero-order chi connectivity index (χ0) is 16.0. The van der Waals surface area contributed by atoms with Crippen molar-refractivity contribution in [3.05, 3.63) is 30.0 Å². The van der Waals surface area contributed by atoms with Crippen LogP contribution in [0.4, 0.5) is 5.82 Å². The first-order valence-corrected chi connectivity index (χ1v) is 8.21. The normalized spacial score (nSPS) is 26.5. The summed E-state index contributed by atoms with van der Waals surface area (Å²) in [4.78, 5) is 24.1. The lowest BCUT2D eigenvalue weighted by Gasteiger charge is -2.26. The van der Waals surface area contributed by atoms with E-state index in [1.165, 1.54) is 7.11 Å². The van der Waals surface area contributed by atoms with Gasteiger partial charge in [-0.3, -0.25) is 4.79 Å². The molecule has 2 aliphatic rings. The lowest BCUT2D eigenvalue weighted by Crippen LogP contribution is -2.37. The number of methoxy groups -OCH3 is 1. The molecule has 0 N–H and O–H groups in total. The summed E-state index contributed by atoms with van der Waals surface area (Å²) in [5, 5.41) is 0. The van der Waals surface area contributed by atoms with Crippen LogP contribution >= 0.6 is 0 Å². The molecule has 4 rings (SSSR count). The number of hydrogen-bond acceptors (Lipinski definition) is 5. The Morgan fingerprint density at radius 1 is 1.30 bits per heavy atom. The number of aromatic nitrogens is 2. The van der Waals surface area contributed by atoms with Gasteiger partial charge in [-0.15, -0.1) is 0 Å². The molecule has 2 fully saturated rings. The number of anilines is 1. The van der Waals surface area contributed by atoms with E-state index in [1.807, 2.05) is 31.2 Å². The van der Waals surface area contributed by atoms with E-state index in [4.69, 9.17) is 9.72 Å². The van der Waals surface area contributed by atoms with Crippen LogP contribution in [-0.4, -0.2) is 36.1 Å². The number of fused-ring (bicyclic) bond motifs is 2. The zero-order valence-corrected chi connectivity index (χ0v) is 13.6. The van der Waals surface area contributed by atoms with E-state index in [-0.39, 0.29) is 11.4 Å². The number of aryl methyl sites for hydroxylation is 1. The molecule has 1 saturated heterocycles. The topological polar surface area (TPSA) is 55.3 Å². The predicted molar refractivity (Wildman–Crippen MR) is 88.3 cm³/mol. The first kappa shape index (κ1) is 14.4. The maximum Gasteiger partial charge on any atom is 0.313 e. The van der Waals surface area contributed by atoms with Crippen molar-refractivity contribution in [1.82, 2.24) is 9.97 Å². The number of ether oxygens (including phenoxy) is 1. The summed E-state index contributed by atoms with van der Waals surface area (Å²) in [6.07, 6.45) is 3.11. The Kier molecular flexibility index (Phi) is 3.25. The average molecular weight is 311 g/mol. The second-order valence-corrected chi connectivity index (χ2v) is 6.74. The van der Waals surface area contributed by atoms with Gasteiger partial charge >= 0.3 is 5.97 Å². The van der Waals surface area contributed by atoms with E-state index in [2.05, 4.69) is 9.88 Å². The molecule has 1 saturated carbocycles. The summed E-state index contributed by atoms with van der Waals surface area (Å²) in [5.41, 5.74) is 2.38. The average Bonchev–Trinajstić information content (AvgIpc) is 3.11. The minimum Gasteiger partial charge on any atom is -0.469 e. The molecule has 0 radical (unpaired) electrons. The van der Waals surface area contributed by atoms with Crippen molar-refractivity contribution >= 4 is 22.8 Å². The van der Waals surface area contributed by atoms with Crippen molar-refractivity contribution in [1.29, 1.82) is 0 Å². The molecule has 1 aliphatic carbocycles. The number of para-hydroxylation sites is 2. The molecule has 0 spiro atoms. The lowest BCUT2D eigenvalue weighted by atomic mass is 9.81. The molecule has 2 heterocycles. The monoisotopic (exact) mass is 311 g/mol. The van der Waals surface area contributed by atoms with Crippen LogP contribution in [-0.2, 0) is 9.53 Å². The van der Waals surface area contributed by atoms with E-state index in [0.717, 1.165) is 48.4 Å². The van der Waals surface area contributed by atoms with Gasteiger partial charge in [0.1, 0.15) is 0 Å². The molecule has 0 amide bonds. The fourth-order valence-electron chi connectivity index (χ4n) is 4.37. The number of carbonyl (C=O) groups is 1. The van der Waals surface area contributed by atoms with E-state index < -0.39 is 0 Å². The quantitative estimate of drug-likeness (QED) is 0.798. The highest BCUT2D eigenvalue weighted by atomic mass is 16.5. The summed E-state index contributed by atoms with van der Waals surface area (Å²) < 4.78 is 5.12. The van der Waals surface area contributed by atoms with E-state index in [0.29, 0.717) is 12.5 Å². The van der Waals surface area contributed by atoms with Crippen LogP contribution in [0.1, 0.15) is 25.0 Å². The SMILES string of the molecule is COC(=O)C12CCCC1CN(c1nc3ccccc3nc1C)C2. The van der Waals surface area contributed by atoms with Crippen molar-refractivity contribution in [2.24, 2.45) is 11.3 Å². The van der Waals surface area contributed by atoms with Crippen molar-refractivity contribution in [2.45, 2.75) is 26.2 Å². The zero-order valence-electron chi connectivity index (χ0n) is 13.6. The third-order valence-electron chi connectivity index (χ3n) is 5.48. The summed E-state index contributed by atoms with van der Waals surface area (Å²) in [6.45, 7) is 3.55. The number of benzene rings is 1. The Hall–Kier alpha value is -2.17. The maximum atomic E-state index is 12.4. The second kappa shape index (κ2) is 5.18. The Balaban J connectivity index is 1.72. The van der Waals surface area contributed by atoms with Crippen LogP contribution in [0.2, 0.25) is 0 Å². The minimum absolute atomic E-state index is 0.0612. The van der Waals surface area contributed by atoms with E-state index in [9.17, 15) is 4.79 Å². The van der Waals surface area contributed by atoms with Gasteiger partial charge < -0.3 is 9.64 Å². The fraction of sp³-hybridized carbons (Fsp3) is 0.500. The van der Waals surface area contributed by atoms with Gasteiger partial charge in [-0.2, -0.15) is 0 Å². The molecule has 120 valence electrons. The number of esters is 1. The van der Waals surface area contributed by atoms with Crippen LogP contribution in [0.15, 0.2) is 24.3 Å². The first-order valence-electron chi connectivity index (χ1n) is 8.21. The molecule has 5 heteroatoms. The van der Waals surface area contributed by atoms with Gasteiger partial charge in [-0.25, -0.2) is 9.97 Å². The first-order chi connectivity index (χ1) is 11.1. The highest BCUT2D eigenvalue weighted by Crippen LogP contribution is 2.50. The molecular weight excluding hydrogens is 290 g/mol. The third-order valence-corrected chi connectivity index (χ3v) is 5.48. The lowest BCUT2D eigenvalue weighted by molar-refractivity contribution is -0.152. The molecule has 1 aromatic carbocycles. The predicted octanol–water partition coefficient (Wildman–Crippen LogP) is 2.72. The summed E-state index contributed by atoms with van der Waals surface area (Å²) in [7, 11) is 1.50. The van der Waals surface area contributed by atoms with Gasteiger partial charge in [-0.1, -0.05) is 18.6 Å². The van der Waals surface area contributed by atoms with Crippen molar-refractivity contribution in [3.8, 4) is 0 Å². The Morgan fingerprint density at radius 2 is 2.04 bits per heavy atom. The van der Waals surface area contributed by atoms with Crippen LogP contribution in [0.3, 0.4) is 0 Å².